The van der Waals surface area contributed by atoms with Crippen molar-refractivity contribution >= 4 is 5.97 Å². The molecule has 0 spiro atoms. The highest BCUT2D eigenvalue weighted by Crippen LogP contribution is 2.27. The van der Waals surface area contributed by atoms with E-state index >= 15 is 0 Å². The summed E-state index contributed by atoms with van der Waals surface area (Å²) >= 11 is 0. The molecule has 0 heterocycles. The molecule has 0 fully saturated rings. The van der Waals surface area contributed by atoms with Crippen LogP contribution in [0.2, 0.25) is 0 Å². The highest BCUT2D eigenvalue weighted by molar-refractivity contribution is 5.78. The molecule has 0 aliphatic carbocycles. The maximum absolute atomic E-state index is 13.2. The van der Waals surface area contributed by atoms with E-state index in [0.717, 1.165) is 7.11 Å². The fourth-order valence-electron chi connectivity index (χ4n) is 1.36. The number of rotatable bonds is 5. The summed E-state index contributed by atoms with van der Waals surface area (Å²) in [7, 11) is 0.926. The highest BCUT2D eigenvalue weighted by Gasteiger charge is 2.48. The van der Waals surface area contributed by atoms with Gasteiger partial charge in [0.2, 0.25) is 0 Å². The predicted octanol–water partition coefficient (Wildman–Crippen LogP) is 1.56. The number of esters is 1. The Balaban J connectivity index is 4.62. The molecule has 0 aliphatic rings. The van der Waals surface area contributed by atoms with E-state index < -0.39 is 17.9 Å². The summed E-state index contributed by atoms with van der Waals surface area (Å²) in [5.74, 6) is -5.52. The number of hydrogen-bond acceptors (Lipinski definition) is 3. The van der Waals surface area contributed by atoms with Crippen molar-refractivity contribution in [3.63, 3.8) is 0 Å². The average Bonchev–Trinajstić information content (AvgIpc) is 2.18. The van der Waals surface area contributed by atoms with E-state index in [1.165, 1.54) is 0 Å². The maximum atomic E-state index is 13.2. The first kappa shape index (κ1) is 13.3. The van der Waals surface area contributed by atoms with Crippen molar-refractivity contribution in [3.05, 3.63) is 0 Å². The minimum absolute atomic E-state index is 0.371. The molecule has 0 aliphatic heterocycles. The highest BCUT2D eigenvalue weighted by atomic mass is 19.3. The van der Waals surface area contributed by atoms with Gasteiger partial charge < -0.3 is 10.5 Å². The van der Waals surface area contributed by atoms with Crippen molar-refractivity contribution in [1.82, 2.24) is 0 Å². The number of methoxy groups -OCH3 is 1. The van der Waals surface area contributed by atoms with Crippen LogP contribution in [0, 0.1) is 5.92 Å². The fraction of sp³-hybridized carbons (Fsp3) is 0.889. The molecule has 2 N–H and O–H groups in total. The monoisotopic (exact) mass is 209 g/mol. The molecule has 0 rings (SSSR count). The lowest BCUT2D eigenvalue weighted by Crippen LogP contribution is -2.51. The summed E-state index contributed by atoms with van der Waals surface area (Å²) in [4.78, 5) is 10.8. The van der Waals surface area contributed by atoms with Gasteiger partial charge >= 0.3 is 11.9 Å². The Morgan fingerprint density at radius 1 is 1.43 bits per heavy atom. The molecule has 0 aromatic heterocycles. The Kier molecular flexibility index (Phi) is 4.97. The van der Waals surface area contributed by atoms with E-state index in [1.54, 1.807) is 13.8 Å². The molecular formula is C9H17F2NO2. The molecule has 1 atom stereocenters. The number of halogens is 2. The van der Waals surface area contributed by atoms with Crippen LogP contribution in [0.25, 0.3) is 0 Å². The van der Waals surface area contributed by atoms with Crippen LogP contribution in [0.15, 0.2) is 0 Å². The van der Waals surface area contributed by atoms with Gasteiger partial charge in [0.15, 0.2) is 0 Å². The van der Waals surface area contributed by atoms with Gasteiger partial charge in [0.1, 0.15) is 0 Å². The summed E-state index contributed by atoms with van der Waals surface area (Å²) in [6.45, 7) is 3.53. The van der Waals surface area contributed by atoms with Crippen LogP contribution in [0.5, 0.6) is 0 Å². The Bertz CT molecular complexity index is 193. The number of nitrogens with two attached hydrogens (primary N) is 1. The number of hydrogen-bond donors (Lipinski definition) is 1. The van der Waals surface area contributed by atoms with Gasteiger partial charge in [-0.1, -0.05) is 26.7 Å². The predicted molar refractivity (Wildman–Crippen MR) is 49.0 cm³/mol. The second-order valence-electron chi connectivity index (χ2n) is 3.22. The first-order valence-electron chi connectivity index (χ1n) is 4.63. The summed E-state index contributed by atoms with van der Waals surface area (Å²) in [6, 6.07) is -1.47. The van der Waals surface area contributed by atoms with Crippen molar-refractivity contribution in [1.29, 1.82) is 0 Å². The third-order valence-electron chi connectivity index (χ3n) is 2.43. The lowest BCUT2D eigenvalue weighted by Gasteiger charge is -2.27. The van der Waals surface area contributed by atoms with Gasteiger partial charge in [-0.25, -0.2) is 4.79 Å². The van der Waals surface area contributed by atoms with Crippen LogP contribution in [-0.4, -0.2) is 25.0 Å². The number of alkyl halides is 2. The van der Waals surface area contributed by atoms with Gasteiger partial charge in [-0.05, 0) is 5.92 Å². The van der Waals surface area contributed by atoms with Gasteiger partial charge in [-0.15, -0.1) is 0 Å². The molecule has 0 amide bonds. The molecule has 84 valence electrons. The largest absolute Gasteiger partial charge is 0.465 e. The van der Waals surface area contributed by atoms with Gasteiger partial charge in [-0.3, -0.25) is 0 Å². The lowest BCUT2D eigenvalue weighted by molar-refractivity contribution is -0.174. The van der Waals surface area contributed by atoms with Crippen molar-refractivity contribution < 1.29 is 18.3 Å². The molecule has 0 saturated heterocycles. The lowest BCUT2D eigenvalue weighted by atomic mass is 9.90. The molecule has 0 saturated carbocycles. The van der Waals surface area contributed by atoms with Crippen LogP contribution in [0.4, 0.5) is 8.78 Å². The van der Waals surface area contributed by atoms with E-state index in [-0.39, 0.29) is 5.92 Å². The summed E-state index contributed by atoms with van der Waals surface area (Å²) < 4.78 is 30.5. The smallest absolute Gasteiger partial charge is 0.378 e. The van der Waals surface area contributed by atoms with Crippen LogP contribution >= 0.6 is 0 Å². The molecule has 0 aromatic carbocycles. The van der Waals surface area contributed by atoms with E-state index in [2.05, 4.69) is 4.74 Å². The molecule has 0 aromatic rings. The summed E-state index contributed by atoms with van der Waals surface area (Å²) in [5, 5.41) is 0. The zero-order valence-electron chi connectivity index (χ0n) is 8.72. The van der Waals surface area contributed by atoms with Gasteiger partial charge in [0.05, 0.1) is 13.2 Å². The molecular weight excluding hydrogens is 192 g/mol. The molecule has 0 bridgehead atoms. The Morgan fingerprint density at radius 3 is 2.14 bits per heavy atom. The summed E-state index contributed by atoms with van der Waals surface area (Å²) in [6.07, 6.45) is 1.04. The Morgan fingerprint density at radius 2 is 1.86 bits per heavy atom. The van der Waals surface area contributed by atoms with E-state index in [4.69, 9.17) is 5.73 Å². The number of ether oxygens (including phenoxy) is 1. The minimum Gasteiger partial charge on any atom is -0.465 e. The second kappa shape index (κ2) is 5.24. The minimum atomic E-state index is -3.59. The second-order valence-corrected chi connectivity index (χ2v) is 3.22. The van der Waals surface area contributed by atoms with Crippen LogP contribution in [0.3, 0.4) is 0 Å². The topological polar surface area (TPSA) is 52.3 Å². The third-order valence-corrected chi connectivity index (χ3v) is 2.43. The SMILES string of the molecule is CCC(CC)C(N)C(F)(F)C(=O)OC. The molecule has 0 radical (unpaired) electrons. The zero-order valence-corrected chi connectivity index (χ0v) is 8.72. The van der Waals surface area contributed by atoms with E-state index in [1.807, 2.05) is 0 Å². The maximum Gasteiger partial charge on any atom is 0.378 e. The van der Waals surface area contributed by atoms with Crippen LogP contribution < -0.4 is 5.73 Å². The standard InChI is InChI=1S/C9H17F2NO2/c1-4-6(5-2)7(12)9(10,11)8(13)14-3/h6-7H,4-5,12H2,1-3H3. The molecule has 1 unspecified atom stereocenters. The van der Waals surface area contributed by atoms with Crippen LogP contribution in [-0.2, 0) is 9.53 Å². The van der Waals surface area contributed by atoms with Crippen molar-refractivity contribution in [2.75, 3.05) is 7.11 Å². The van der Waals surface area contributed by atoms with Crippen LogP contribution in [0.1, 0.15) is 26.7 Å². The third kappa shape index (κ3) is 2.64. The van der Waals surface area contributed by atoms with Crippen molar-refractivity contribution in [3.8, 4) is 0 Å². The molecule has 5 heteroatoms. The first-order chi connectivity index (χ1) is 6.41. The quantitative estimate of drug-likeness (QED) is 0.699. The average molecular weight is 209 g/mol. The fourth-order valence-corrected chi connectivity index (χ4v) is 1.36. The Labute approximate surface area is 82.6 Å². The number of carbonyl (C=O) groups is 1. The van der Waals surface area contributed by atoms with Gasteiger partial charge in [0, 0.05) is 0 Å². The normalized spacial score (nSPS) is 14.2. The number of carbonyl (C=O) groups excluding carboxylic acids is 1. The van der Waals surface area contributed by atoms with Gasteiger partial charge in [0.25, 0.3) is 0 Å². The first-order valence-corrected chi connectivity index (χ1v) is 4.63. The van der Waals surface area contributed by atoms with E-state index in [9.17, 15) is 13.6 Å². The van der Waals surface area contributed by atoms with Gasteiger partial charge in [-0.2, -0.15) is 8.78 Å². The molecule has 14 heavy (non-hydrogen) atoms. The van der Waals surface area contributed by atoms with E-state index in [0.29, 0.717) is 12.8 Å². The molecule has 3 nitrogen and oxygen atoms in total. The zero-order chi connectivity index (χ0) is 11.4. The van der Waals surface area contributed by atoms with Crippen molar-refractivity contribution in [2.24, 2.45) is 11.7 Å². The summed E-state index contributed by atoms with van der Waals surface area (Å²) in [5.41, 5.74) is 5.34. The Hall–Kier alpha value is -0.710. The van der Waals surface area contributed by atoms with Crippen molar-refractivity contribution in [2.45, 2.75) is 38.7 Å².